The number of nitrogens with zero attached hydrogens (tertiary/aromatic N) is 1. The number of aromatic nitrogens is 2. The lowest BCUT2D eigenvalue weighted by molar-refractivity contribution is 1.08. The Kier molecular flexibility index (Phi) is 1.73. The van der Waals surface area contributed by atoms with Crippen molar-refractivity contribution >= 4 is 23.2 Å². The standard InChI is InChI=1S/C4H2Cl2N2O/c5-2-1-3(6)8-4(9)7-2/h1H,(H,7,8,9). The maximum absolute atomic E-state index is 10.4. The largest absolute Gasteiger partial charge is 0.347 e. The van der Waals surface area contributed by atoms with Crippen LogP contribution in [0.15, 0.2) is 10.9 Å². The van der Waals surface area contributed by atoms with Gasteiger partial charge >= 0.3 is 5.69 Å². The minimum Gasteiger partial charge on any atom is -0.296 e. The summed E-state index contributed by atoms with van der Waals surface area (Å²) in [4.78, 5) is 15.9. The van der Waals surface area contributed by atoms with Crippen LogP contribution in [0.3, 0.4) is 0 Å². The Morgan fingerprint density at radius 1 is 1.56 bits per heavy atom. The zero-order chi connectivity index (χ0) is 6.85. The molecule has 0 aliphatic carbocycles. The van der Waals surface area contributed by atoms with Crippen molar-refractivity contribution in [1.82, 2.24) is 9.97 Å². The Morgan fingerprint density at radius 3 is 2.67 bits per heavy atom. The van der Waals surface area contributed by atoms with E-state index in [1.54, 1.807) is 0 Å². The highest BCUT2D eigenvalue weighted by atomic mass is 35.5. The predicted molar refractivity (Wildman–Crippen MR) is 34.9 cm³/mol. The molecule has 0 amide bonds. The second kappa shape index (κ2) is 2.37. The highest BCUT2D eigenvalue weighted by Crippen LogP contribution is 2.05. The fourth-order valence-corrected chi connectivity index (χ4v) is 0.826. The van der Waals surface area contributed by atoms with E-state index < -0.39 is 5.69 Å². The van der Waals surface area contributed by atoms with Gasteiger partial charge < -0.3 is 0 Å². The van der Waals surface area contributed by atoms with Gasteiger partial charge in [-0.3, -0.25) is 4.98 Å². The average Bonchev–Trinajstić information content (AvgIpc) is 1.59. The Labute approximate surface area is 60.6 Å². The summed E-state index contributed by atoms with van der Waals surface area (Å²) < 4.78 is 0. The molecule has 0 fully saturated rings. The molecule has 0 aliphatic heterocycles. The third kappa shape index (κ3) is 1.69. The topological polar surface area (TPSA) is 45.8 Å². The molecule has 48 valence electrons. The zero-order valence-corrected chi connectivity index (χ0v) is 5.70. The molecule has 0 atom stereocenters. The van der Waals surface area contributed by atoms with Crippen molar-refractivity contribution < 1.29 is 0 Å². The van der Waals surface area contributed by atoms with Crippen molar-refractivity contribution in [3.8, 4) is 0 Å². The van der Waals surface area contributed by atoms with E-state index in [1.807, 2.05) is 0 Å². The molecule has 3 nitrogen and oxygen atoms in total. The van der Waals surface area contributed by atoms with E-state index in [-0.39, 0.29) is 10.3 Å². The maximum atomic E-state index is 10.4. The summed E-state index contributed by atoms with van der Waals surface area (Å²) in [5, 5.41) is 0.295. The van der Waals surface area contributed by atoms with E-state index in [2.05, 4.69) is 9.97 Å². The fourth-order valence-electron chi connectivity index (χ4n) is 0.400. The molecule has 0 bridgehead atoms. The molecular formula is C4H2Cl2N2O. The van der Waals surface area contributed by atoms with E-state index in [9.17, 15) is 4.79 Å². The summed E-state index contributed by atoms with van der Waals surface area (Å²) in [6, 6.07) is 1.35. The first-order valence-corrected chi connectivity index (χ1v) is 2.86. The van der Waals surface area contributed by atoms with Crippen LogP contribution in [0.5, 0.6) is 0 Å². The van der Waals surface area contributed by atoms with Crippen LogP contribution in [0.4, 0.5) is 0 Å². The zero-order valence-electron chi connectivity index (χ0n) is 4.19. The van der Waals surface area contributed by atoms with E-state index in [4.69, 9.17) is 23.2 Å². The third-order valence-corrected chi connectivity index (χ3v) is 1.08. The summed E-state index contributed by atoms with van der Waals surface area (Å²) in [6.45, 7) is 0. The van der Waals surface area contributed by atoms with Crippen molar-refractivity contribution in [2.75, 3.05) is 0 Å². The summed E-state index contributed by atoms with van der Waals surface area (Å²) in [5.74, 6) is 0. The lowest BCUT2D eigenvalue weighted by Crippen LogP contribution is -2.08. The Morgan fingerprint density at radius 2 is 2.22 bits per heavy atom. The molecule has 0 saturated heterocycles. The molecule has 9 heavy (non-hydrogen) atoms. The SMILES string of the molecule is O=c1nc(Cl)cc(Cl)[nH]1. The Balaban J connectivity index is 3.33. The van der Waals surface area contributed by atoms with Gasteiger partial charge in [0, 0.05) is 6.07 Å². The third-order valence-electron chi connectivity index (χ3n) is 0.681. The van der Waals surface area contributed by atoms with Crippen LogP contribution in [0.25, 0.3) is 0 Å². The normalized spacial score (nSPS) is 9.56. The molecule has 0 unspecified atom stereocenters. The predicted octanol–water partition coefficient (Wildman–Crippen LogP) is 1.08. The molecule has 1 N–H and O–H groups in total. The highest BCUT2D eigenvalue weighted by Gasteiger charge is 1.92. The first-order chi connectivity index (χ1) is 4.18. The van der Waals surface area contributed by atoms with Gasteiger partial charge in [0.2, 0.25) is 0 Å². The average molecular weight is 165 g/mol. The number of hydrogen-bond acceptors (Lipinski definition) is 2. The Hall–Kier alpha value is -0.540. The molecule has 0 aliphatic rings. The molecule has 1 heterocycles. The molecular weight excluding hydrogens is 163 g/mol. The van der Waals surface area contributed by atoms with Crippen LogP contribution in [0.2, 0.25) is 10.3 Å². The van der Waals surface area contributed by atoms with Crippen molar-refractivity contribution in [3.05, 3.63) is 26.9 Å². The summed E-state index contributed by atoms with van der Waals surface area (Å²) >= 11 is 10.7. The number of aromatic amines is 1. The van der Waals surface area contributed by atoms with E-state index >= 15 is 0 Å². The molecule has 0 aromatic carbocycles. The number of rotatable bonds is 0. The van der Waals surface area contributed by atoms with Crippen LogP contribution < -0.4 is 5.69 Å². The van der Waals surface area contributed by atoms with Gasteiger partial charge in [-0.05, 0) is 0 Å². The summed E-state index contributed by atoms with van der Waals surface area (Å²) in [5.41, 5.74) is -0.535. The van der Waals surface area contributed by atoms with Crippen LogP contribution in [-0.2, 0) is 0 Å². The number of hydrogen-bond donors (Lipinski definition) is 1. The second-order valence-electron chi connectivity index (χ2n) is 1.36. The second-order valence-corrected chi connectivity index (χ2v) is 2.15. The molecule has 5 heteroatoms. The quantitative estimate of drug-likeness (QED) is 0.584. The minimum absolute atomic E-state index is 0.101. The Bertz CT molecular complexity index is 246. The highest BCUT2D eigenvalue weighted by molar-refractivity contribution is 6.33. The van der Waals surface area contributed by atoms with Gasteiger partial charge in [-0.1, -0.05) is 23.2 Å². The van der Waals surface area contributed by atoms with E-state index in [1.165, 1.54) is 6.07 Å². The fraction of sp³-hybridized carbons (Fsp3) is 0. The van der Waals surface area contributed by atoms with Crippen LogP contribution in [-0.4, -0.2) is 9.97 Å². The van der Waals surface area contributed by atoms with Gasteiger partial charge in [0.15, 0.2) is 0 Å². The lowest BCUT2D eigenvalue weighted by Gasteiger charge is -1.86. The number of H-pyrrole nitrogens is 1. The van der Waals surface area contributed by atoms with Crippen molar-refractivity contribution in [2.45, 2.75) is 0 Å². The van der Waals surface area contributed by atoms with Gasteiger partial charge in [0.05, 0.1) is 0 Å². The first-order valence-electron chi connectivity index (χ1n) is 2.11. The van der Waals surface area contributed by atoms with Crippen molar-refractivity contribution in [2.24, 2.45) is 0 Å². The van der Waals surface area contributed by atoms with Crippen molar-refractivity contribution in [3.63, 3.8) is 0 Å². The van der Waals surface area contributed by atoms with Crippen LogP contribution >= 0.6 is 23.2 Å². The monoisotopic (exact) mass is 164 g/mol. The molecule has 0 spiro atoms. The summed E-state index contributed by atoms with van der Waals surface area (Å²) in [6.07, 6.45) is 0. The molecule has 1 aromatic rings. The van der Waals surface area contributed by atoms with Gasteiger partial charge in [0.1, 0.15) is 10.3 Å². The van der Waals surface area contributed by atoms with E-state index in [0.29, 0.717) is 0 Å². The van der Waals surface area contributed by atoms with Gasteiger partial charge in [-0.15, -0.1) is 0 Å². The molecule has 0 saturated carbocycles. The molecule has 0 radical (unpaired) electrons. The van der Waals surface area contributed by atoms with Crippen LogP contribution in [0.1, 0.15) is 0 Å². The minimum atomic E-state index is -0.535. The van der Waals surface area contributed by atoms with Gasteiger partial charge in [-0.2, -0.15) is 4.98 Å². The molecule has 1 aromatic heterocycles. The molecule has 1 rings (SSSR count). The van der Waals surface area contributed by atoms with E-state index in [0.717, 1.165) is 0 Å². The van der Waals surface area contributed by atoms with Crippen LogP contribution in [0, 0.1) is 0 Å². The smallest absolute Gasteiger partial charge is 0.296 e. The number of halogens is 2. The first kappa shape index (κ1) is 6.58. The maximum Gasteiger partial charge on any atom is 0.347 e. The number of nitrogens with one attached hydrogen (secondary N) is 1. The summed E-state index contributed by atoms with van der Waals surface area (Å²) in [7, 11) is 0. The van der Waals surface area contributed by atoms with Gasteiger partial charge in [0.25, 0.3) is 0 Å². The lowest BCUT2D eigenvalue weighted by atomic mass is 10.7. The van der Waals surface area contributed by atoms with Gasteiger partial charge in [-0.25, -0.2) is 4.79 Å². The van der Waals surface area contributed by atoms with Crippen molar-refractivity contribution in [1.29, 1.82) is 0 Å².